The molecule has 102 valence electrons. The summed E-state index contributed by atoms with van der Waals surface area (Å²) < 4.78 is 5.83. The maximum atomic E-state index is 5.83. The quantitative estimate of drug-likeness (QED) is 0.677. The maximum Gasteiger partial charge on any atom is 0.0717 e. The molecule has 0 fully saturated rings. The number of hydrogen-bond donors (Lipinski definition) is 1. The lowest BCUT2D eigenvalue weighted by molar-refractivity contribution is 0.0713. The summed E-state index contributed by atoms with van der Waals surface area (Å²) in [6.07, 6.45) is 1.19. The smallest absolute Gasteiger partial charge is 0.0717 e. The predicted molar refractivity (Wildman–Crippen MR) is 77.6 cm³/mol. The molecule has 18 heavy (non-hydrogen) atoms. The fraction of sp³-hybridized carbons (Fsp3) is 0.625. The number of hydrogen-bond acceptors (Lipinski definition) is 2. The van der Waals surface area contributed by atoms with Crippen LogP contribution in [0.5, 0.6) is 0 Å². The lowest BCUT2D eigenvalue weighted by Gasteiger charge is -2.21. The zero-order valence-electron chi connectivity index (χ0n) is 12.0. The second-order valence-corrected chi connectivity index (χ2v) is 5.21. The van der Waals surface area contributed by atoms with Gasteiger partial charge in [0.05, 0.1) is 13.2 Å². The third-order valence-electron chi connectivity index (χ3n) is 3.22. The van der Waals surface area contributed by atoms with Crippen molar-refractivity contribution < 1.29 is 4.74 Å². The molecule has 0 aliphatic carbocycles. The van der Waals surface area contributed by atoms with Crippen molar-refractivity contribution in [2.45, 2.75) is 33.8 Å². The molecule has 2 nitrogen and oxygen atoms in total. The zero-order valence-corrected chi connectivity index (χ0v) is 12.0. The van der Waals surface area contributed by atoms with Gasteiger partial charge in [-0.2, -0.15) is 0 Å². The van der Waals surface area contributed by atoms with Crippen LogP contribution in [0.2, 0.25) is 0 Å². The van der Waals surface area contributed by atoms with Gasteiger partial charge < -0.3 is 10.1 Å². The largest absolute Gasteiger partial charge is 0.376 e. The maximum absolute atomic E-state index is 5.83. The van der Waals surface area contributed by atoms with Gasteiger partial charge in [0.25, 0.3) is 0 Å². The molecule has 0 bridgehead atoms. The molecule has 1 N–H and O–H groups in total. The molecule has 0 aliphatic rings. The lowest BCUT2D eigenvalue weighted by atomic mass is 9.97. The molecule has 0 saturated heterocycles. The van der Waals surface area contributed by atoms with Crippen LogP contribution in [0.4, 0.5) is 0 Å². The lowest BCUT2D eigenvalue weighted by Crippen LogP contribution is -2.30. The first-order valence-corrected chi connectivity index (χ1v) is 7.06. The average Bonchev–Trinajstić information content (AvgIpc) is 2.38. The van der Waals surface area contributed by atoms with Gasteiger partial charge in [-0.25, -0.2) is 0 Å². The van der Waals surface area contributed by atoms with Gasteiger partial charge in [0.15, 0.2) is 0 Å². The Labute approximate surface area is 112 Å². The van der Waals surface area contributed by atoms with Gasteiger partial charge in [0.2, 0.25) is 0 Å². The highest BCUT2D eigenvalue weighted by Crippen LogP contribution is 2.11. The summed E-state index contributed by atoms with van der Waals surface area (Å²) in [5.41, 5.74) is 1.25. The molecule has 1 atom stereocenters. The summed E-state index contributed by atoms with van der Waals surface area (Å²) in [7, 11) is 0. The van der Waals surface area contributed by atoms with Gasteiger partial charge in [-0.1, -0.05) is 51.1 Å². The number of nitrogens with one attached hydrogen (secondary N) is 1. The third kappa shape index (κ3) is 6.18. The number of rotatable bonds is 9. The SMILES string of the molecule is CCCNCC(COCc1ccccc1)C(C)C. The van der Waals surface area contributed by atoms with E-state index in [0.29, 0.717) is 11.8 Å². The molecule has 0 amide bonds. The molecular weight excluding hydrogens is 222 g/mol. The van der Waals surface area contributed by atoms with Gasteiger partial charge in [0, 0.05) is 6.54 Å². The number of ether oxygens (including phenoxy) is 1. The Bertz CT molecular complexity index is 297. The first kappa shape index (κ1) is 15.2. The molecule has 0 saturated carbocycles. The highest BCUT2D eigenvalue weighted by molar-refractivity contribution is 5.13. The van der Waals surface area contributed by atoms with Crippen LogP contribution in [-0.2, 0) is 11.3 Å². The Morgan fingerprint density at radius 3 is 2.50 bits per heavy atom. The zero-order chi connectivity index (χ0) is 13.2. The summed E-state index contributed by atoms with van der Waals surface area (Å²) in [5, 5.41) is 3.49. The van der Waals surface area contributed by atoms with E-state index in [1.54, 1.807) is 0 Å². The van der Waals surface area contributed by atoms with Crippen LogP contribution in [0.1, 0.15) is 32.8 Å². The third-order valence-corrected chi connectivity index (χ3v) is 3.22. The molecule has 0 aromatic heterocycles. The van der Waals surface area contributed by atoms with Crippen molar-refractivity contribution in [2.24, 2.45) is 11.8 Å². The molecular formula is C16H27NO. The van der Waals surface area contributed by atoms with E-state index in [-0.39, 0.29) is 0 Å². The van der Waals surface area contributed by atoms with Gasteiger partial charge in [0.1, 0.15) is 0 Å². The molecule has 0 aliphatic heterocycles. The van der Waals surface area contributed by atoms with Crippen LogP contribution in [0, 0.1) is 11.8 Å². The van der Waals surface area contributed by atoms with Crippen LogP contribution >= 0.6 is 0 Å². The van der Waals surface area contributed by atoms with Gasteiger partial charge in [-0.05, 0) is 30.4 Å². The Morgan fingerprint density at radius 1 is 1.17 bits per heavy atom. The summed E-state index contributed by atoms with van der Waals surface area (Å²) in [6.45, 7) is 10.4. The minimum Gasteiger partial charge on any atom is -0.376 e. The molecule has 0 spiro atoms. The average molecular weight is 249 g/mol. The number of benzene rings is 1. The minimum absolute atomic E-state index is 0.597. The van der Waals surface area contributed by atoms with E-state index in [4.69, 9.17) is 4.74 Å². The fourth-order valence-electron chi connectivity index (χ4n) is 1.85. The topological polar surface area (TPSA) is 21.3 Å². The first-order chi connectivity index (χ1) is 8.74. The fourth-order valence-corrected chi connectivity index (χ4v) is 1.85. The van der Waals surface area contributed by atoms with Crippen molar-refractivity contribution in [1.82, 2.24) is 5.32 Å². The molecule has 1 unspecified atom stereocenters. The van der Waals surface area contributed by atoms with Crippen molar-refractivity contribution in [3.05, 3.63) is 35.9 Å². The van der Waals surface area contributed by atoms with E-state index in [2.05, 4.69) is 50.4 Å². The molecule has 1 aromatic carbocycles. The summed E-state index contributed by atoms with van der Waals surface area (Å²) in [5.74, 6) is 1.25. The van der Waals surface area contributed by atoms with Crippen LogP contribution in [-0.4, -0.2) is 19.7 Å². The van der Waals surface area contributed by atoms with Gasteiger partial charge in [-0.3, -0.25) is 0 Å². The normalized spacial score (nSPS) is 12.9. The van der Waals surface area contributed by atoms with Crippen molar-refractivity contribution in [1.29, 1.82) is 0 Å². The summed E-state index contributed by atoms with van der Waals surface area (Å²) in [6, 6.07) is 10.4. The Morgan fingerprint density at radius 2 is 1.89 bits per heavy atom. The summed E-state index contributed by atoms with van der Waals surface area (Å²) in [4.78, 5) is 0. The minimum atomic E-state index is 0.597. The standard InChI is InChI=1S/C16H27NO/c1-4-10-17-11-16(14(2)3)13-18-12-15-8-6-5-7-9-15/h5-9,14,16-17H,4,10-13H2,1-3H3. The predicted octanol–water partition coefficient (Wildman–Crippen LogP) is 3.48. The molecule has 0 radical (unpaired) electrons. The molecule has 0 heterocycles. The first-order valence-electron chi connectivity index (χ1n) is 7.06. The Kier molecular flexibility index (Phi) is 7.70. The van der Waals surface area contributed by atoms with E-state index in [9.17, 15) is 0 Å². The molecule has 1 aromatic rings. The molecule has 2 heteroatoms. The van der Waals surface area contributed by atoms with Crippen LogP contribution < -0.4 is 5.32 Å². The second kappa shape index (κ2) is 9.12. The van der Waals surface area contributed by atoms with Crippen molar-refractivity contribution in [3.63, 3.8) is 0 Å². The van der Waals surface area contributed by atoms with Crippen molar-refractivity contribution >= 4 is 0 Å². The van der Waals surface area contributed by atoms with E-state index < -0.39 is 0 Å². The van der Waals surface area contributed by atoms with E-state index in [1.165, 1.54) is 12.0 Å². The monoisotopic (exact) mass is 249 g/mol. The van der Waals surface area contributed by atoms with Crippen LogP contribution in [0.3, 0.4) is 0 Å². The molecule has 1 rings (SSSR count). The van der Waals surface area contributed by atoms with Gasteiger partial charge >= 0.3 is 0 Å². The second-order valence-electron chi connectivity index (χ2n) is 5.21. The summed E-state index contributed by atoms with van der Waals surface area (Å²) >= 11 is 0. The van der Waals surface area contributed by atoms with E-state index >= 15 is 0 Å². The van der Waals surface area contributed by atoms with Crippen molar-refractivity contribution in [3.8, 4) is 0 Å². The van der Waals surface area contributed by atoms with Crippen LogP contribution in [0.15, 0.2) is 30.3 Å². The Hall–Kier alpha value is -0.860. The highest BCUT2D eigenvalue weighted by atomic mass is 16.5. The van der Waals surface area contributed by atoms with E-state index in [0.717, 1.165) is 26.3 Å². The highest BCUT2D eigenvalue weighted by Gasteiger charge is 2.12. The van der Waals surface area contributed by atoms with Gasteiger partial charge in [-0.15, -0.1) is 0 Å². The Balaban J connectivity index is 2.25. The van der Waals surface area contributed by atoms with Crippen LogP contribution in [0.25, 0.3) is 0 Å². The van der Waals surface area contributed by atoms with Crippen molar-refractivity contribution in [2.75, 3.05) is 19.7 Å². The van der Waals surface area contributed by atoms with E-state index in [1.807, 2.05) is 6.07 Å².